The molecule has 5 atom stereocenters. The number of benzene rings is 2. The minimum absolute atomic E-state index is 0.0983. The molecule has 2 aromatic carbocycles. The third-order valence-electron chi connectivity index (χ3n) is 8.76. The molecule has 3 rings (SSSR count). The molecule has 0 bridgehead atoms. The number of carbonyl (C=O) groups is 8. The Labute approximate surface area is 350 Å². The molecule has 61 heavy (non-hydrogen) atoms. The second kappa shape index (κ2) is 23.6. The molecular formula is C39H49N7O14S. The topological polar surface area (TPSA) is 325 Å². The molecule has 0 saturated carbocycles. The molecule has 10 N–H and O–H groups in total. The van der Waals surface area contributed by atoms with E-state index in [0.717, 1.165) is 11.5 Å². The van der Waals surface area contributed by atoms with E-state index >= 15 is 0 Å². The zero-order chi connectivity index (χ0) is 45.1. The van der Waals surface area contributed by atoms with Crippen LogP contribution < -0.4 is 37.2 Å². The quantitative estimate of drug-likeness (QED) is 0.0667. The molecule has 22 heteroatoms. The van der Waals surface area contributed by atoms with Gasteiger partial charge in [-0.05, 0) is 36.1 Å². The van der Waals surface area contributed by atoms with E-state index in [1.165, 1.54) is 30.5 Å². The summed E-state index contributed by atoms with van der Waals surface area (Å²) in [5, 5.41) is 46.7. The second-order valence-electron chi connectivity index (χ2n) is 14.0. The Morgan fingerprint density at radius 1 is 0.721 bits per heavy atom. The summed E-state index contributed by atoms with van der Waals surface area (Å²) in [6.07, 6.45) is -1.86. The standard InChI is InChI=1S/C39H49N7O14S/c1-23(2)34(46-39(57)60-21-24-9-5-3-6-10-24)38(56)45-30(19-33(51)52)37(55)43-28(13-14-31(47)48)35(53)44-29(17-26-20-40-22-41-26)36(54)42-25(18-32(49)50)15-16-61(58,59)27-11-7-4-8-12-27/h3-12,15-16,20,23,25,28-30,34,40-41H,13-14,17-19,21-22H2,1-2H3,(H,42,54)(H,43,55)(H,44,53)(H,45,56)(H,46,57)(H,47,48)(H,49,50)(H,51,52)/b16-15+/t25-,28+,29+,30+,34+/m1/s1. The molecule has 2 aromatic rings. The van der Waals surface area contributed by atoms with Crippen molar-refractivity contribution in [1.29, 1.82) is 0 Å². The van der Waals surface area contributed by atoms with E-state index in [9.17, 15) is 62.1 Å². The molecule has 0 unspecified atom stereocenters. The molecule has 21 nitrogen and oxygen atoms in total. The predicted molar refractivity (Wildman–Crippen MR) is 214 cm³/mol. The molecule has 1 aliphatic heterocycles. The molecule has 330 valence electrons. The summed E-state index contributed by atoms with van der Waals surface area (Å²) in [6, 6.07) is 7.94. The number of nitrogens with one attached hydrogen (secondary N) is 7. The number of carboxylic acid groups (broad SMARTS) is 3. The number of hydrogen-bond acceptors (Lipinski definition) is 13. The van der Waals surface area contributed by atoms with Crippen LogP contribution in [0.5, 0.6) is 0 Å². The Morgan fingerprint density at radius 2 is 1.30 bits per heavy atom. The highest BCUT2D eigenvalue weighted by Gasteiger charge is 2.34. The first-order valence-electron chi connectivity index (χ1n) is 18.8. The first kappa shape index (κ1) is 48.4. The number of carbonyl (C=O) groups excluding carboxylic acids is 5. The highest BCUT2D eigenvalue weighted by Crippen LogP contribution is 2.14. The monoisotopic (exact) mass is 871 g/mol. The van der Waals surface area contributed by atoms with E-state index in [1.54, 1.807) is 50.2 Å². The first-order valence-corrected chi connectivity index (χ1v) is 20.4. The van der Waals surface area contributed by atoms with Crippen LogP contribution in [0.25, 0.3) is 0 Å². The average Bonchev–Trinajstić information content (AvgIpc) is 3.72. The van der Waals surface area contributed by atoms with E-state index in [-0.39, 0.29) is 24.6 Å². The van der Waals surface area contributed by atoms with Gasteiger partial charge in [-0.1, -0.05) is 62.4 Å². The lowest BCUT2D eigenvalue weighted by molar-refractivity contribution is -0.141. The lowest BCUT2D eigenvalue weighted by Gasteiger charge is -2.27. The van der Waals surface area contributed by atoms with E-state index < -0.39 is 119 Å². The first-order chi connectivity index (χ1) is 28.8. The van der Waals surface area contributed by atoms with Gasteiger partial charge in [0.15, 0.2) is 9.84 Å². The zero-order valence-corrected chi connectivity index (χ0v) is 34.0. The van der Waals surface area contributed by atoms with Gasteiger partial charge in [0, 0.05) is 30.1 Å². The van der Waals surface area contributed by atoms with Crippen molar-refractivity contribution in [3.8, 4) is 0 Å². The van der Waals surface area contributed by atoms with Crippen LogP contribution in [-0.4, -0.2) is 108 Å². The van der Waals surface area contributed by atoms with E-state index in [0.29, 0.717) is 11.3 Å². The maximum absolute atomic E-state index is 13.8. The summed E-state index contributed by atoms with van der Waals surface area (Å²) in [4.78, 5) is 102. The SMILES string of the molecule is CC(C)[C@H](NC(=O)OCc1ccccc1)C(=O)N[C@@H](CC(=O)O)C(=O)N[C@@H](CCC(=O)O)C(=O)N[C@@H](CC1=CNCN1)C(=O)N[C@H](/C=C/S(=O)(=O)c1ccccc1)CC(=O)O. The summed E-state index contributed by atoms with van der Waals surface area (Å²) in [7, 11) is -4.07. The number of ether oxygens (including phenoxy) is 1. The second-order valence-corrected chi connectivity index (χ2v) is 15.8. The lowest BCUT2D eigenvalue weighted by atomic mass is 10.0. The number of amides is 5. The van der Waals surface area contributed by atoms with Gasteiger partial charge in [-0.25, -0.2) is 13.2 Å². The molecule has 1 heterocycles. The predicted octanol–water partition coefficient (Wildman–Crippen LogP) is 0.0602. The number of rotatable bonds is 24. The van der Waals surface area contributed by atoms with Crippen molar-refractivity contribution in [1.82, 2.24) is 37.2 Å². The molecule has 5 amide bonds. The van der Waals surface area contributed by atoms with Gasteiger partial charge in [-0.15, -0.1) is 0 Å². The Balaban J connectivity index is 1.82. The average molecular weight is 872 g/mol. The fraction of sp³-hybridized carbons (Fsp3) is 0.385. The molecule has 0 fully saturated rings. The van der Waals surface area contributed by atoms with Crippen LogP contribution in [0.3, 0.4) is 0 Å². The van der Waals surface area contributed by atoms with Crippen LogP contribution in [0.2, 0.25) is 0 Å². The summed E-state index contributed by atoms with van der Waals surface area (Å²) in [6.45, 7) is 3.24. The smallest absolute Gasteiger partial charge is 0.408 e. The summed E-state index contributed by atoms with van der Waals surface area (Å²) < 4.78 is 30.9. The Hall–Kier alpha value is -6.97. The molecular weight excluding hydrogens is 823 g/mol. The lowest BCUT2D eigenvalue weighted by Crippen LogP contribution is -2.59. The van der Waals surface area contributed by atoms with E-state index in [4.69, 9.17) is 4.74 Å². The largest absolute Gasteiger partial charge is 0.481 e. The minimum Gasteiger partial charge on any atom is -0.481 e. The van der Waals surface area contributed by atoms with Crippen molar-refractivity contribution in [2.45, 2.75) is 87.7 Å². The zero-order valence-electron chi connectivity index (χ0n) is 33.2. The maximum Gasteiger partial charge on any atom is 0.408 e. The summed E-state index contributed by atoms with van der Waals surface area (Å²) >= 11 is 0. The van der Waals surface area contributed by atoms with Gasteiger partial charge in [0.05, 0.1) is 30.4 Å². The van der Waals surface area contributed by atoms with Gasteiger partial charge < -0.3 is 57.3 Å². The number of aliphatic carboxylic acids is 3. The van der Waals surface area contributed by atoms with Crippen molar-refractivity contribution in [2.75, 3.05) is 6.67 Å². The third kappa shape index (κ3) is 17.0. The van der Waals surface area contributed by atoms with Crippen LogP contribution in [0.1, 0.15) is 51.5 Å². The van der Waals surface area contributed by atoms with Crippen LogP contribution in [-0.2, 0) is 54.7 Å². The van der Waals surface area contributed by atoms with Gasteiger partial charge in [0.1, 0.15) is 30.8 Å². The van der Waals surface area contributed by atoms with Crippen LogP contribution >= 0.6 is 0 Å². The summed E-state index contributed by atoms with van der Waals surface area (Å²) in [5.74, 6) is -9.28. The van der Waals surface area contributed by atoms with Crippen molar-refractivity contribution < 1.29 is 66.8 Å². The van der Waals surface area contributed by atoms with Gasteiger partial charge in [0.2, 0.25) is 23.6 Å². The van der Waals surface area contributed by atoms with Crippen LogP contribution in [0.15, 0.2) is 88.9 Å². The Bertz CT molecular complexity index is 2060. The van der Waals surface area contributed by atoms with E-state index in [2.05, 4.69) is 37.2 Å². The molecule has 0 saturated heterocycles. The normalized spacial score (nSPS) is 14.7. The van der Waals surface area contributed by atoms with Crippen molar-refractivity contribution in [3.05, 3.63) is 89.6 Å². The number of alkyl carbamates (subject to hydrolysis) is 1. The number of carboxylic acids is 3. The summed E-state index contributed by atoms with van der Waals surface area (Å²) in [5.41, 5.74) is 1.05. The van der Waals surface area contributed by atoms with Gasteiger partial charge in [-0.3, -0.25) is 33.6 Å². The highest BCUT2D eigenvalue weighted by molar-refractivity contribution is 7.94. The van der Waals surface area contributed by atoms with Crippen LogP contribution in [0, 0.1) is 5.92 Å². The third-order valence-corrected chi connectivity index (χ3v) is 10.2. The Morgan fingerprint density at radius 3 is 1.87 bits per heavy atom. The molecule has 0 aromatic heterocycles. The number of sulfone groups is 1. The molecule has 0 radical (unpaired) electrons. The van der Waals surface area contributed by atoms with Crippen molar-refractivity contribution in [3.63, 3.8) is 0 Å². The molecule has 0 aliphatic carbocycles. The molecule has 0 spiro atoms. The van der Waals surface area contributed by atoms with Gasteiger partial charge in [-0.2, -0.15) is 0 Å². The van der Waals surface area contributed by atoms with Gasteiger partial charge >= 0.3 is 24.0 Å². The Kier molecular flexibility index (Phi) is 18.7. The number of hydrogen-bond donors (Lipinski definition) is 10. The molecule has 1 aliphatic rings. The van der Waals surface area contributed by atoms with E-state index in [1.807, 2.05) is 0 Å². The fourth-order valence-corrected chi connectivity index (χ4v) is 6.72. The highest BCUT2D eigenvalue weighted by atomic mass is 32.2. The maximum atomic E-state index is 13.8. The fourth-order valence-electron chi connectivity index (χ4n) is 5.63. The minimum atomic E-state index is -4.07. The van der Waals surface area contributed by atoms with Crippen molar-refractivity contribution >= 4 is 57.5 Å². The van der Waals surface area contributed by atoms with Crippen LogP contribution in [0.4, 0.5) is 4.79 Å². The van der Waals surface area contributed by atoms with Gasteiger partial charge in [0.25, 0.3) is 0 Å². The van der Waals surface area contributed by atoms with Crippen molar-refractivity contribution in [2.24, 2.45) is 5.92 Å².